The predicted octanol–water partition coefficient (Wildman–Crippen LogP) is 3.97. The van der Waals surface area contributed by atoms with Gasteiger partial charge in [0.05, 0.1) is 0 Å². The van der Waals surface area contributed by atoms with Crippen molar-refractivity contribution in [1.82, 2.24) is 15.1 Å². The Kier molecular flexibility index (Phi) is 7.66. The quantitative estimate of drug-likeness (QED) is 0.733. The first-order valence-corrected chi connectivity index (χ1v) is 12.4. The number of aryl methyl sites for hydroxylation is 2. The van der Waals surface area contributed by atoms with Crippen molar-refractivity contribution in [3.05, 3.63) is 70.8 Å². The molecule has 2 aliphatic rings. The van der Waals surface area contributed by atoms with Gasteiger partial charge in [0.25, 0.3) is 11.8 Å². The number of piperidine rings is 2. The first-order valence-electron chi connectivity index (χ1n) is 12.4. The van der Waals surface area contributed by atoms with Gasteiger partial charge in [-0.3, -0.25) is 14.4 Å². The molecule has 4 rings (SSSR count). The first kappa shape index (κ1) is 24.0. The Bertz CT molecular complexity index is 1000. The molecule has 1 N–H and O–H groups in total. The van der Waals surface area contributed by atoms with E-state index in [-0.39, 0.29) is 23.6 Å². The van der Waals surface area contributed by atoms with Gasteiger partial charge < -0.3 is 15.1 Å². The van der Waals surface area contributed by atoms with Crippen LogP contribution in [0.2, 0.25) is 0 Å². The molecule has 34 heavy (non-hydrogen) atoms. The lowest BCUT2D eigenvalue weighted by atomic mass is 9.87. The second-order valence-corrected chi connectivity index (χ2v) is 9.70. The Labute approximate surface area is 202 Å². The van der Waals surface area contributed by atoms with Crippen molar-refractivity contribution < 1.29 is 14.4 Å². The predicted molar refractivity (Wildman–Crippen MR) is 133 cm³/mol. The highest BCUT2D eigenvalue weighted by molar-refractivity contribution is 5.98. The van der Waals surface area contributed by atoms with Gasteiger partial charge in [-0.1, -0.05) is 35.4 Å². The van der Waals surface area contributed by atoms with Gasteiger partial charge in [-0.15, -0.1) is 0 Å². The van der Waals surface area contributed by atoms with Crippen molar-refractivity contribution in [3.63, 3.8) is 0 Å². The van der Waals surface area contributed by atoms with E-state index in [9.17, 15) is 14.4 Å². The molecule has 2 aliphatic heterocycles. The highest BCUT2D eigenvalue weighted by Gasteiger charge is 2.36. The Hall–Kier alpha value is -3.15. The summed E-state index contributed by atoms with van der Waals surface area (Å²) in [5, 5.41) is 3.07. The van der Waals surface area contributed by atoms with Crippen LogP contribution in [0.3, 0.4) is 0 Å². The summed E-state index contributed by atoms with van der Waals surface area (Å²) in [6.45, 7) is 6.66. The highest BCUT2D eigenvalue weighted by atomic mass is 16.2. The van der Waals surface area contributed by atoms with E-state index in [4.69, 9.17) is 0 Å². The van der Waals surface area contributed by atoms with Gasteiger partial charge in [0.2, 0.25) is 5.91 Å². The molecule has 6 nitrogen and oxygen atoms in total. The molecule has 3 amide bonds. The Morgan fingerprint density at radius 3 is 1.82 bits per heavy atom. The third-order valence-corrected chi connectivity index (χ3v) is 7.13. The Morgan fingerprint density at radius 1 is 0.735 bits per heavy atom. The van der Waals surface area contributed by atoms with Gasteiger partial charge >= 0.3 is 0 Å². The van der Waals surface area contributed by atoms with E-state index in [0.717, 1.165) is 43.5 Å². The molecule has 2 heterocycles. The van der Waals surface area contributed by atoms with E-state index in [0.29, 0.717) is 37.1 Å². The van der Waals surface area contributed by atoms with Crippen LogP contribution >= 0.6 is 0 Å². The number of amides is 3. The summed E-state index contributed by atoms with van der Waals surface area (Å²) in [5.74, 6) is -0.163. The largest absolute Gasteiger partial charge is 0.341 e. The van der Waals surface area contributed by atoms with E-state index in [1.807, 2.05) is 60.0 Å². The zero-order chi connectivity index (χ0) is 24.1. The second kappa shape index (κ2) is 10.9. The van der Waals surface area contributed by atoms with E-state index in [1.54, 1.807) is 12.1 Å². The molecule has 1 unspecified atom stereocenters. The van der Waals surface area contributed by atoms with Crippen LogP contribution in [0.4, 0.5) is 0 Å². The summed E-state index contributed by atoms with van der Waals surface area (Å²) in [4.78, 5) is 43.3. The van der Waals surface area contributed by atoms with Crippen LogP contribution in [0.1, 0.15) is 63.9 Å². The summed E-state index contributed by atoms with van der Waals surface area (Å²) in [7, 11) is 0. The molecule has 0 radical (unpaired) electrons. The number of nitrogens with one attached hydrogen (secondary N) is 1. The molecule has 0 saturated carbocycles. The Morgan fingerprint density at radius 2 is 1.26 bits per heavy atom. The SMILES string of the molecule is Cc1ccc(C(=O)NC(C(=O)N2CCCCC2)C2CCN(C(=O)c3ccc(C)cc3)CC2)cc1. The maximum atomic E-state index is 13.5. The van der Waals surface area contributed by atoms with Crippen LogP contribution in [0.25, 0.3) is 0 Å². The van der Waals surface area contributed by atoms with Crippen LogP contribution in [-0.2, 0) is 4.79 Å². The minimum Gasteiger partial charge on any atom is -0.341 e. The number of hydrogen-bond acceptors (Lipinski definition) is 3. The highest BCUT2D eigenvalue weighted by Crippen LogP contribution is 2.25. The number of likely N-dealkylation sites (tertiary alicyclic amines) is 2. The van der Waals surface area contributed by atoms with Crippen molar-refractivity contribution in [1.29, 1.82) is 0 Å². The number of benzene rings is 2. The third kappa shape index (κ3) is 5.66. The summed E-state index contributed by atoms with van der Waals surface area (Å²) in [6.07, 6.45) is 4.54. The van der Waals surface area contributed by atoms with Gasteiger partial charge in [-0.2, -0.15) is 0 Å². The zero-order valence-electron chi connectivity index (χ0n) is 20.3. The van der Waals surface area contributed by atoms with E-state index in [1.165, 1.54) is 0 Å². The number of rotatable bonds is 5. The van der Waals surface area contributed by atoms with Gasteiger partial charge in [-0.25, -0.2) is 0 Å². The van der Waals surface area contributed by atoms with Gasteiger partial charge in [-0.05, 0) is 76.1 Å². The minimum absolute atomic E-state index is 0.00546. The standard InChI is InChI=1S/C28H35N3O3/c1-20-6-10-23(11-7-20)26(32)29-25(28(34)30-16-4-3-5-17-30)22-14-18-31(19-15-22)27(33)24-12-8-21(2)9-13-24/h6-13,22,25H,3-5,14-19H2,1-2H3,(H,29,32). The molecule has 2 fully saturated rings. The van der Waals surface area contributed by atoms with E-state index < -0.39 is 6.04 Å². The molecule has 1 atom stereocenters. The zero-order valence-corrected chi connectivity index (χ0v) is 20.3. The molecule has 2 aromatic rings. The van der Waals surface area contributed by atoms with Crippen molar-refractivity contribution in [2.45, 2.75) is 52.0 Å². The molecule has 0 aliphatic carbocycles. The molecular weight excluding hydrogens is 426 g/mol. The molecule has 0 spiro atoms. The molecular formula is C28H35N3O3. The molecule has 2 aromatic carbocycles. The normalized spacial score (nSPS) is 17.8. The van der Waals surface area contributed by atoms with Crippen LogP contribution in [0.15, 0.2) is 48.5 Å². The third-order valence-electron chi connectivity index (χ3n) is 7.13. The van der Waals surface area contributed by atoms with Crippen LogP contribution in [-0.4, -0.2) is 59.7 Å². The average molecular weight is 462 g/mol. The van der Waals surface area contributed by atoms with Crippen molar-refractivity contribution in [2.24, 2.45) is 5.92 Å². The molecule has 0 aromatic heterocycles. The van der Waals surface area contributed by atoms with Gasteiger partial charge in [0, 0.05) is 37.3 Å². The summed E-state index contributed by atoms with van der Waals surface area (Å²) in [5.41, 5.74) is 3.47. The minimum atomic E-state index is -0.566. The van der Waals surface area contributed by atoms with Gasteiger partial charge in [0.1, 0.15) is 6.04 Å². The maximum absolute atomic E-state index is 13.5. The van der Waals surface area contributed by atoms with E-state index in [2.05, 4.69) is 5.32 Å². The van der Waals surface area contributed by atoms with Gasteiger partial charge in [0.15, 0.2) is 0 Å². The fourth-order valence-electron chi connectivity index (χ4n) is 4.94. The maximum Gasteiger partial charge on any atom is 0.253 e. The number of nitrogens with zero attached hydrogens (tertiary/aromatic N) is 2. The number of carbonyl (C=O) groups excluding carboxylic acids is 3. The second-order valence-electron chi connectivity index (χ2n) is 9.70. The van der Waals surface area contributed by atoms with E-state index >= 15 is 0 Å². The lowest BCUT2D eigenvalue weighted by molar-refractivity contribution is -0.136. The number of carbonyl (C=O) groups is 3. The lowest BCUT2D eigenvalue weighted by Crippen LogP contribution is -2.55. The van der Waals surface area contributed by atoms with Crippen molar-refractivity contribution >= 4 is 17.7 Å². The molecule has 2 saturated heterocycles. The summed E-state index contributed by atoms with van der Waals surface area (Å²) in [6, 6.07) is 14.5. The Balaban J connectivity index is 1.45. The molecule has 180 valence electrons. The topological polar surface area (TPSA) is 69.7 Å². The smallest absolute Gasteiger partial charge is 0.253 e. The summed E-state index contributed by atoms with van der Waals surface area (Å²) < 4.78 is 0. The number of hydrogen-bond donors (Lipinski definition) is 1. The fraction of sp³-hybridized carbons (Fsp3) is 0.464. The van der Waals surface area contributed by atoms with Crippen LogP contribution < -0.4 is 5.32 Å². The first-order chi connectivity index (χ1) is 16.4. The van der Waals surface area contributed by atoms with Crippen molar-refractivity contribution in [2.75, 3.05) is 26.2 Å². The molecule has 6 heteroatoms. The average Bonchev–Trinajstić information content (AvgIpc) is 2.88. The monoisotopic (exact) mass is 461 g/mol. The molecule has 0 bridgehead atoms. The fourth-order valence-corrected chi connectivity index (χ4v) is 4.94. The van der Waals surface area contributed by atoms with Crippen LogP contribution in [0.5, 0.6) is 0 Å². The van der Waals surface area contributed by atoms with Crippen LogP contribution in [0, 0.1) is 19.8 Å². The lowest BCUT2D eigenvalue weighted by Gasteiger charge is -2.38. The summed E-state index contributed by atoms with van der Waals surface area (Å²) >= 11 is 0. The van der Waals surface area contributed by atoms with Crippen molar-refractivity contribution in [3.8, 4) is 0 Å².